The van der Waals surface area contributed by atoms with Crippen LogP contribution in [-0.4, -0.2) is 59.7 Å². The summed E-state index contributed by atoms with van der Waals surface area (Å²) in [5.41, 5.74) is 1.10. The van der Waals surface area contributed by atoms with Gasteiger partial charge in [-0.1, -0.05) is 0 Å². The number of morpholine rings is 1. The molecule has 0 bridgehead atoms. The van der Waals surface area contributed by atoms with Gasteiger partial charge in [0.1, 0.15) is 5.69 Å². The largest absolute Gasteiger partial charge is 0.394 e. The van der Waals surface area contributed by atoms with Crippen LogP contribution in [0, 0.1) is 10.1 Å². The Morgan fingerprint density at radius 3 is 2.65 bits per heavy atom. The zero-order valence-electron chi connectivity index (χ0n) is 13.3. The molecule has 0 spiro atoms. The number of aliphatic hydroxyl groups is 2. The number of hydrogen-bond donors (Lipinski definition) is 3. The number of aliphatic hydroxyl groups excluding tert-OH is 2. The summed E-state index contributed by atoms with van der Waals surface area (Å²) in [6.07, 6.45) is -0.888. The normalized spacial score (nSPS) is 22.7. The molecule has 0 amide bonds. The van der Waals surface area contributed by atoms with Crippen molar-refractivity contribution in [2.24, 2.45) is 0 Å². The highest BCUT2D eigenvalue weighted by molar-refractivity contribution is 5.69. The number of nitrogens with one attached hydrogen (secondary N) is 1. The standard InChI is InChI=1S/C15H23N3O5/c1-10-7-17(8-11(2)23-10)14-4-3-12(5-15(14)18(21)22)16-6-13(20)9-19/h3-5,10-11,13,16,19-20H,6-9H2,1-2H3. The first kappa shape index (κ1) is 17.5. The molecular formula is C15H23N3O5. The van der Waals surface area contributed by atoms with Gasteiger partial charge in [-0.3, -0.25) is 10.1 Å². The Bertz CT molecular complexity index is 544. The van der Waals surface area contributed by atoms with Crippen molar-refractivity contribution >= 4 is 17.1 Å². The van der Waals surface area contributed by atoms with Crippen LogP contribution < -0.4 is 10.2 Å². The molecule has 8 nitrogen and oxygen atoms in total. The molecule has 3 N–H and O–H groups in total. The Hall–Kier alpha value is -1.90. The number of nitro groups is 1. The van der Waals surface area contributed by atoms with Gasteiger partial charge in [-0.2, -0.15) is 0 Å². The fraction of sp³-hybridized carbons (Fsp3) is 0.600. The van der Waals surface area contributed by atoms with Crippen molar-refractivity contribution in [1.29, 1.82) is 0 Å². The van der Waals surface area contributed by atoms with E-state index in [0.29, 0.717) is 24.5 Å². The summed E-state index contributed by atoms with van der Waals surface area (Å²) in [4.78, 5) is 13.0. The fourth-order valence-electron chi connectivity index (χ4n) is 2.72. The van der Waals surface area contributed by atoms with Crippen molar-refractivity contribution in [3.8, 4) is 0 Å². The second-order valence-corrected chi connectivity index (χ2v) is 5.84. The maximum absolute atomic E-state index is 11.4. The van der Waals surface area contributed by atoms with Gasteiger partial charge in [-0.25, -0.2) is 0 Å². The van der Waals surface area contributed by atoms with Gasteiger partial charge in [-0.05, 0) is 26.0 Å². The van der Waals surface area contributed by atoms with Crippen molar-refractivity contribution < 1.29 is 19.9 Å². The maximum atomic E-state index is 11.4. The molecule has 1 fully saturated rings. The summed E-state index contributed by atoms with van der Waals surface area (Å²) in [5, 5.41) is 32.4. The molecular weight excluding hydrogens is 302 g/mol. The molecule has 1 heterocycles. The summed E-state index contributed by atoms with van der Waals surface area (Å²) in [6.45, 7) is 4.85. The average molecular weight is 325 g/mol. The molecule has 0 radical (unpaired) electrons. The van der Waals surface area contributed by atoms with E-state index < -0.39 is 11.0 Å². The third-order valence-corrected chi connectivity index (χ3v) is 3.68. The molecule has 3 atom stereocenters. The van der Waals surface area contributed by atoms with E-state index in [1.165, 1.54) is 6.07 Å². The van der Waals surface area contributed by atoms with Crippen LogP contribution in [-0.2, 0) is 4.74 Å². The van der Waals surface area contributed by atoms with E-state index in [1.54, 1.807) is 12.1 Å². The van der Waals surface area contributed by atoms with Crippen LogP contribution in [0.5, 0.6) is 0 Å². The van der Waals surface area contributed by atoms with Gasteiger partial charge in [-0.15, -0.1) is 0 Å². The van der Waals surface area contributed by atoms with E-state index in [9.17, 15) is 15.2 Å². The number of benzene rings is 1. The highest BCUT2D eigenvalue weighted by Crippen LogP contribution is 2.33. The molecule has 1 aromatic rings. The molecule has 0 saturated carbocycles. The lowest BCUT2D eigenvalue weighted by molar-refractivity contribution is -0.384. The predicted molar refractivity (Wildman–Crippen MR) is 86.9 cm³/mol. The van der Waals surface area contributed by atoms with Crippen LogP contribution in [0.4, 0.5) is 17.1 Å². The zero-order valence-corrected chi connectivity index (χ0v) is 13.3. The van der Waals surface area contributed by atoms with Gasteiger partial charge in [0.05, 0.1) is 29.8 Å². The fourth-order valence-corrected chi connectivity index (χ4v) is 2.72. The molecule has 1 saturated heterocycles. The molecule has 1 aromatic carbocycles. The van der Waals surface area contributed by atoms with Crippen LogP contribution in [0.15, 0.2) is 18.2 Å². The monoisotopic (exact) mass is 325 g/mol. The van der Waals surface area contributed by atoms with E-state index >= 15 is 0 Å². The first-order chi connectivity index (χ1) is 10.9. The molecule has 0 aliphatic carbocycles. The van der Waals surface area contributed by atoms with Crippen molar-refractivity contribution in [1.82, 2.24) is 0 Å². The molecule has 1 aliphatic heterocycles. The lowest BCUT2D eigenvalue weighted by Crippen LogP contribution is -2.45. The first-order valence-electron chi connectivity index (χ1n) is 7.62. The zero-order chi connectivity index (χ0) is 17.0. The van der Waals surface area contributed by atoms with Crippen molar-refractivity contribution in [3.63, 3.8) is 0 Å². The molecule has 1 aliphatic rings. The van der Waals surface area contributed by atoms with Gasteiger partial charge in [0.25, 0.3) is 5.69 Å². The van der Waals surface area contributed by atoms with Gasteiger partial charge in [0.2, 0.25) is 0 Å². The number of ether oxygens (including phenoxy) is 1. The molecule has 8 heteroatoms. The Morgan fingerprint density at radius 1 is 1.43 bits per heavy atom. The highest BCUT2D eigenvalue weighted by Gasteiger charge is 2.27. The molecule has 0 aromatic heterocycles. The third kappa shape index (κ3) is 4.54. The smallest absolute Gasteiger partial charge is 0.294 e. The highest BCUT2D eigenvalue weighted by atomic mass is 16.6. The Balaban J connectivity index is 2.21. The SMILES string of the molecule is CC1CN(c2ccc(NCC(O)CO)cc2[N+](=O)[O-])CC(C)O1. The van der Waals surface area contributed by atoms with E-state index in [4.69, 9.17) is 9.84 Å². The quantitative estimate of drug-likeness (QED) is 0.528. The Kier molecular flexibility index (Phi) is 5.75. The Morgan fingerprint density at radius 2 is 2.09 bits per heavy atom. The van der Waals surface area contributed by atoms with Gasteiger partial charge in [0.15, 0.2) is 0 Å². The van der Waals surface area contributed by atoms with E-state index in [-0.39, 0.29) is 31.0 Å². The first-order valence-corrected chi connectivity index (χ1v) is 7.62. The van der Waals surface area contributed by atoms with E-state index in [2.05, 4.69) is 5.32 Å². The Labute approximate surface area is 134 Å². The maximum Gasteiger partial charge on any atom is 0.294 e. The van der Waals surface area contributed by atoms with Crippen LogP contribution in [0.3, 0.4) is 0 Å². The van der Waals surface area contributed by atoms with Gasteiger partial charge >= 0.3 is 0 Å². The van der Waals surface area contributed by atoms with Crippen LogP contribution >= 0.6 is 0 Å². The number of rotatable bonds is 6. The second-order valence-electron chi connectivity index (χ2n) is 5.84. The number of nitrogens with zero attached hydrogens (tertiary/aromatic N) is 2. The summed E-state index contributed by atoms with van der Waals surface area (Å²) in [7, 11) is 0. The van der Waals surface area contributed by atoms with Gasteiger partial charge < -0.3 is 25.2 Å². The summed E-state index contributed by atoms with van der Waals surface area (Å²) in [6, 6.07) is 4.89. The molecule has 2 rings (SSSR count). The molecule has 3 unspecified atom stereocenters. The number of hydrogen-bond acceptors (Lipinski definition) is 7. The number of nitro benzene ring substituents is 1. The van der Waals surface area contributed by atoms with Gasteiger partial charge in [0, 0.05) is 31.4 Å². The van der Waals surface area contributed by atoms with Crippen LogP contribution in [0.25, 0.3) is 0 Å². The predicted octanol–water partition coefficient (Wildman–Crippen LogP) is 0.973. The van der Waals surface area contributed by atoms with Crippen molar-refractivity contribution in [2.75, 3.05) is 36.5 Å². The summed E-state index contributed by atoms with van der Waals surface area (Å²) < 4.78 is 5.66. The van der Waals surface area contributed by atoms with Crippen LogP contribution in [0.2, 0.25) is 0 Å². The minimum atomic E-state index is -0.908. The minimum Gasteiger partial charge on any atom is -0.394 e. The summed E-state index contributed by atoms with van der Waals surface area (Å²) in [5.74, 6) is 0. The van der Waals surface area contributed by atoms with Crippen molar-refractivity contribution in [2.45, 2.75) is 32.2 Å². The number of anilines is 2. The lowest BCUT2D eigenvalue weighted by Gasteiger charge is -2.36. The molecule has 128 valence electrons. The van der Waals surface area contributed by atoms with Crippen LogP contribution in [0.1, 0.15) is 13.8 Å². The second kappa shape index (κ2) is 7.58. The third-order valence-electron chi connectivity index (χ3n) is 3.68. The van der Waals surface area contributed by atoms with E-state index in [0.717, 1.165) is 0 Å². The molecule has 23 heavy (non-hydrogen) atoms. The van der Waals surface area contributed by atoms with E-state index in [1.807, 2.05) is 18.7 Å². The van der Waals surface area contributed by atoms with Crippen molar-refractivity contribution in [3.05, 3.63) is 28.3 Å². The summed E-state index contributed by atoms with van der Waals surface area (Å²) >= 11 is 0. The average Bonchev–Trinajstić information content (AvgIpc) is 2.51. The lowest BCUT2D eigenvalue weighted by atomic mass is 10.1. The minimum absolute atomic E-state index is 0.00906. The topological polar surface area (TPSA) is 108 Å².